The molecule has 1 rings (SSSR count). The van der Waals surface area contributed by atoms with E-state index in [4.69, 9.17) is 16.7 Å². The van der Waals surface area contributed by atoms with Crippen LogP contribution in [0, 0.1) is 0 Å². The minimum atomic E-state index is -0.979. The SMILES string of the molecule is Cn1c(Cl)cnc1/C=C/C=C/C(=O)O. The van der Waals surface area contributed by atoms with Gasteiger partial charge in [-0.25, -0.2) is 9.78 Å². The van der Waals surface area contributed by atoms with Gasteiger partial charge in [0.15, 0.2) is 0 Å². The van der Waals surface area contributed by atoms with Crippen molar-refractivity contribution in [2.75, 3.05) is 0 Å². The number of rotatable bonds is 3. The van der Waals surface area contributed by atoms with Crippen molar-refractivity contribution in [3.63, 3.8) is 0 Å². The molecule has 0 aromatic carbocycles. The molecule has 0 saturated carbocycles. The van der Waals surface area contributed by atoms with Crippen LogP contribution in [0.4, 0.5) is 0 Å². The summed E-state index contributed by atoms with van der Waals surface area (Å²) in [6.45, 7) is 0. The van der Waals surface area contributed by atoms with Crippen LogP contribution in [0.5, 0.6) is 0 Å². The van der Waals surface area contributed by atoms with Crippen LogP contribution in [0.3, 0.4) is 0 Å². The molecule has 74 valence electrons. The molecule has 0 aliphatic heterocycles. The van der Waals surface area contributed by atoms with Gasteiger partial charge in [-0.3, -0.25) is 0 Å². The average Bonchev–Trinajstić information content (AvgIpc) is 2.43. The number of carboxylic acid groups (broad SMARTS) is 1. The Labute approximate surface area is 86.1 Å². The summed E-state index contributed by atoms with van der Waals surface area (Å²) in [5.41, 5.74) is 0. The molecular formula is C9H9ClN2O2. The number of hydrogen-bond donors (Lipinski definition) is 1. The van der Waals surface area contributed by atoms with Gasteiger partial charge in [-0.15, -0.1) is 0 Å². The van der Waals surface area contributed by atoms with E-state index in [9.17, 15) is 4.79 Å². The van der Waals surface area contributed by atoms with Gasteiger partial charge in [0.2, 0.25) is 0 Å². The van der Waals surface area contributed by atoms with E-state index in [2.05, 4.69) is 4.98 Å². The largest absolute Gasteiger partial charge is 0.478 e. The van der Waals surface area contributed by atoms with Crippen molar-refractivity contribution in [2.45, 2.75) is 0 Å². The molecular weight excluding hydrogens is 204 g/mol. The minimum Gasteiger partial charge on any atom is -0.478 e. The Morgan fingerprint density at radius 3 is 2.86 bits per heavy atom. The first kappa shape index (κ1) is 10.5. The van der Waals surface area contributed by atoms with E-state index in [1.165, 1.54) is 12.3 Å². The van der Waals surface area contributed by atoms with Crippen LogP contribution in [0.25, 0.3) is 6.08 Å². The number of aromatic nitrogens is 2. The molecule has 0 fully saturated rings. The lowest BCUT2D eigenvalue weighted by molar-refractivity contribution is -0.131. The normalized spacial score (nSPS) is 11.6. The van der Waals surface area contributed by atoms with Crippen LogP contribution < -0.4 is 0 Å². The van der Waals surface area contributed by atoms with Crippen LogP contribution in [0.15, 0.2) is 24.4 Å². The van der Waals surface area contributed by atoms with Crippen LogP contribution in [-0.4, -0.2) is 20.6 Å². The molecule has 1 aromatic rings. The number of carboxylic acids is 1. The topological polar surface area (TPSA) is 55.1 Å². The second kappa shape index (κ2) is 4.62. The highest BCUT2D eigenvalue weighted by molar-refractivity contribution is 6.29. The van der Waals surface area contributed by atoms with Crippen molar-refractivity contribution in [1.29, 1.82) is 0 Å². The summed E-state index contributed by atoms with van der Waals surface area (Å²) < 4.78 is 1.69. The number of hydrogen-bond acceptors (Lipinski definition) is 2. The van der Waals surface area contributed by atoms with E-state index in [1.54, 1.807) is 23.8 Å². The van der Waals surface area contributed by atoms with Crippen LogP contribution in [0.1, 0.15) is 5.82 Å². The third-order valence-corrected chi connectivity index (χ3v) is 1.91. The molecule has 4 nitrogen and oxygen atoms in total. The summed E-state index contributed by atoms with van der Waals surface area (Å²) in [7, 11) is 1.77. The first-order chi connectivity index (χ1) is 6.61. The summed E-state index contributed by atoms with van der Waals surface area (Å²) >= 11 is 5.75. The van der Waals surface area contributed by atoms with Gasteiger partial charge in [0.1, 0.15) is 11.0 Å². The monoisotopic (exact) mass is 212 g/mol. The van der Waals surface area contributed by atoms with Gasteiger partial charge in [-0.1, -0.05) is 23.8 Å². The molecule has 0 atom stereocenters. The van der Waals surface area contributed by atoms with Gasteiger partial charge in [0.05, 0.1) is 6.20 Å². The molecule has 0 amide bonds. The second-order valence-corrected chi connectivity index (χ2v) is 2.94. The van der Waals surface area contributed by atoms with Crippen molar-refractivity contribution < 1.29 is 9.90 Å². The summed E-state index contributed by atoms with van der Waals surface area (Å²) in [4.78, 5) is 14.1. The lowest BCUT2D eigenvalue weighted by Gasteiger charge is -1.94. The van der Waals surface area contributed by atoms with Gasteiger partial charge >= 0.3 is 5.97 Å². The average molecular weight is 213 g/mol. The van der Waals surface area contributed by atoms with Gasteiger partial charge < -0.3 is 9.67 Å². The van der Waals surface area contributed by atoms with Crippen molar-refractivity contribution in [1.82, 2.24) is 9.55 Å². The molecule has 14 heavy (non-hydrogen) atoms. The number of imidazole rings is 1. The van der Waals surface area contributed by atoms with Gasteiger partial charge in [0, 0.05) is 13.1 Å². The van der Waals surface area contributed by atoms with E-state index in [0.29, 0.717) is 11.0 Å². The van der Waals surface area contributed by atoms with Crippen LogP contribution in [0.2, 0.25) is 5.15 Å². The summed E-state index contributed by atoms with van der Waals surface area (Å²) in [5, 5.41) is 8.84. The standard InChI is InChI=1S/C9H9ClN2O2/c1-12-7(10)6-11-8(12)4-2-3-5-9(13)14/h2-6H,1H3,(H,13,14)/b4-2+,5-3+. The zero-order valence-corrected chi connectivity index (χ0v) is 8.27. The maximum absolute atomic E-state index is 10.1. The Kier molecular flexibility index (Phi) is 3.48. The molecule has 0 spiro atoms. The predicted molar refractivity (Wildman–Crippen MR) is 54.0 cm³/mol. The highest BCUT2D eigenvalue weighted by Crippen LogP contribution is 2.09. The molecule has 0 aliphatic rings. The minimum absolute atomic E-state index is 0.534. The number of nitrogens with zero attached hydrogens (tertiary/aromatic N) is 2. The highest BCUT2D eigenvalue weighted by Gasteiger charge is 1.98. The summed E-state index contributed by atoms with van der Waals surface area (Å²) in [6.07, 6.45) is 7.26. The van der Waals surface area contributed by atoms with Crippen molar-refractivity contribution >= 4 is 23.6 Å². The van der Waals surface area contributed by atoms with E-state index in [-0.39, 0.29) is 0 Å². The lowest BCUT2D eigenvalue weighted by Crippen LogP contribution is -1.90. The van der Waals surface area contributed by atoms with Crippen LogP contribution >= 0.6 is 11.6 Å². The molecule has 0 unspecified atom stereocenters. The molecule has 1 heterocycles. The smallest absolute Gasteiger partial charge is 0.328 e. The third kappa shape index (κ3) is 2.74. The van der Waals surface area contributed by atoms with Gasteiger partial charge in [-0.05, 0) is 6.08 Å². The third-order valence-electron chi connectivity index (χ3n) is 1.56. The Balaban J connectivity index is 2.69. The Bertz CT molecular complexity index is 394. The first-order valence-electron chi connectivity index (χ1n) is 3.86. The Morgan fingerprint density at radius 2 is 2.36 bits per heavy atom. The molecule has 0 saturated heterocycles. The Morgan fingerprint density at radius 1 is 1.64 bits per heavy atom. The predicted octanol–water partition coefficient (Wildman–Crippen LogP) is 1.73. The van der Waals surface area contributed by atoms with E-state index in [1.807, 2.05) is 0 Å². The number of carbonyl (C=O) groups is 1. The molecule has 0 aliphatic carbocycles. The quantitative estimate of drug-likeness (QED) is 0.613. The van der Waals surface area contributed by atoms with Crippen LogP contribution in [-0.2, 0) is 11.8 Å². The molecule has 5 heteroatoms. The van der Waals surface area contributed by atoms with Crippen molar-refractivity contribution in [3.8, 4) is 0 Å². The summed E-state index contributed by atoms with van der Waals surface area (Å²) in [5.74, 6) is -0.308. The Hall–Kier alpha value is -1.55. The van der Waals surface area contributed by atoms with E-state index >= 15 is 0 Å². The maximum Gasteiger partial charge on any atom is 0.328 e. The molecule has 1 N–H and O–H groups in total. The number of allylic oxidation sites excluding steroid dienone is 2. The molecule has 0 radical (unpaired) electrons. The lowest BCUT2D eigenvalue weighted by atomic mass is 10.4. The fourth-order valence-electron chi connectivity index (χ4n) is 0.836. The summed E-state index contributed by atoms with van der Waals surface area (Å²) in [6, 6.07) is 0. The fourth-order valence-corrected chi connectivity index (χ4v) is 0.972. The molecule has 0 bridgehead atoms. The second-order valence-electron chi connectivity index (χ2n) is 2.55. The highest BCUT2D eigenvalue weighted by atomic mass is 35.5. The van der Waals surface area contributed by atoms with E-state index < -0.39 is 5.97 Å². The van der Waals surface area contributed by atoms with Crippen molar-refractivity contribution in [3.05, 3.63) is 35.4 Å². The zero-order valence-electron chi connectivity index (χ0n) is 7.51. The first-order valence-corrected chi connectivity index (χ1v) is 4.24. The van der Waals surface area contributed by atoms with Gasteiger partial charge in [0.25, 0.3) is 0 Å². The fraction of sp³-hybridized carbons (Fsp3) is 0.111. The maximum atomic E-state index is 10.1. The zero-order chi connectivity index (χ0) is 10.6. The number of halogens is 1. The number of aliphatic carboxylic acids is 1. The molecule has 1 aromatic heterocycles. The van der Waals surface area contributed by atoms with Crippen molar-refractivity contribution in [2.24, 2.45) is 7.05 Å². The van der Waals surface area contributed by atoms with Gasteiger partial charge in [-0.2, -0.15) is 0 Å². The van der Waals surface area contributed by atoms with E-state index in [0.717, 1.165) is 6.08 Å².